The van der Waals surface area contributed by atoms with Gasteiger partial charge in [-0.05, 0) is 89.8 Å². The van der Waals surface area contributed by atoms with Gasteiger partial charge in [0.05, 0.1) is 11.0 Å². The van der Waals surface area contributed by atoms with Gasteiger partial charge >= 0.3 is 0 Å². The molecule has 0 aliphatic carbocycles. The molecule has 0 aliphatic rings. The number of phenols is 6. The quantitative estimate of drug-likeness (QED) is 0.149. The minimum atomic E-state index is -1.43. The van der Waals surface area contributed by atoms with Crippen LogP contribution in [0.4, 0.5) is 0 Å². The molecule has 6 heteroatoms. The maximum absolute atomic E-state index is 11.2. The molecule has 0 atom stereocenters. The predicted octanol–water partition coefficient (Wildman–Crippen LogP) is 6.61. The lowest BCUT2D eigenvalue weighted by Gasteiger charge is -2.34. The number of benzene rings is 5. The van der Waals surface area contributed by atoms with Gasteiger partial charge in [-0.15, -0.1) is 0 Å². The SMILES string of the molecule is CC(c1cc(-c2ccc(O)cc2)ccc1O)(c1cc(-c2ccc(O)cc2)ccc1O)c1c(O)cccc1O. The molecule has 0 fully saturated rings. The van der Waals surface area contributed by atoms with E-state index >= 15 is 0 Å². The molecule has 0 saturated carbocycles. The molecular weight excluding hydrogens is 480 g/mol. The van der Waals surface area contributed by atoms with Crippen LogP contribution < -0.4 is 0 Å². The molecule has 38 heavy (non-hydrogen) atoms. The van der Waals surface area contributed by atoms with Crippen LogP contribution >= 0.6 is 0 Å². The van der Waals surface area contributed by atoms with Gasteiger partial charge in [-0.1, -0.05) is 42.5 Å². The first-order chi connectivity index (χ1) is 18.2. The van der Waals surface area contributed by atoms with Crippen molar-refractivity contribution >= 4 is 0 Å². The summed E-state index contributed by atoms with van der Waals surface area (Å²) in [7, 11) is 0. The lowest BCUT2D eigenvalue weighted by molar-refractivity contribution is 0.407. The van der Waals surface area contributed by atoms with E-state index in [4.69, 9.17) is 0 Å². The van der Waals surface area contributed by atoms with Crippen molar-refractivity contribution in [3.8, 4) is 56.8 Å². The highest BCUT2D eigenvalue weighted by Crippen LogP contribution is 2.52. The standard InChI is InChI=1S/C32H26O6/c1-32(31-29(37)3-2-4-30(31)38,25-17-21(9-15-27(25)35)19-5-11-23(33)12-6-19)26-18-22(10-16-28(26)36)20-7-13-24(34)14-8-20/h2-18,33-38H,1H3. The van der Waals surface area contributed by atoms with Gasteiger partial charge in [0.1, 0.15) is 34.5 Å². The summed E-state index contributed by atoms with van der Waals surface area (Å²) in [5.74, 6) is -0.396. The number of hydrogen-bond donors (Lipinski definition) is 6. The van der Waals surface area contributed by atoms with Crippen LogP contribution in [0.5, 0.6) is 34.5 Å². The van der Waals surface area contributed by atoms with Gasteiger partial charge in [0.15, 0.2) is 0 Å². The Kier molecular flexibility index (Phi) is 6.09. The zero-order valence-corrected chi connectivity index (χ0v) is 20.5. The van der Waals surface area contributed by atoms with E-state index in [-0.39, 0.29) is 40.1 Å². The van der Waals surface area contributed by atoms with Crippen LogP contribution in [0.3, 0.4) is 0 Å². The molecular formula is C32H26O6. The maximum atomic E-state index is 11.2. The van der Waals surface area contributed by atoms with Crippen LogP contribution in [0, 0.1) is 0 Å². The van der Waals surface area contributed by atoms with E-state index in [0.717, 1.165) is 11.1 Å². The maximum Gasteiger partial charge on any atom is 0.123 e. The third-order valence-corrected chi connectivity index (χ3v) is 6.99. The van der Waals surface area contributed by atoms with Crippen molar-refractivity contribution in [2.24, 2.45) is 0 Å². The molecule has 0 unspecified atom stereocenters. The number of aromatic hydroxyl groups is 6. The molecule has 0 radical (unpaired) electrons. The molecule has 0 aromatic heterocycles. The Bertz CT molecular complexity index is 1510. The molecule has 190 valence electrons. The van der Waals surface area contributed by atoms with E-state index in [9.17, 15) is 30.6 Å². The van der Waals surface area contributed by atoms with Crippen molar-refractivity contribution in [3.63, 3.8) is 0 Å². The lowest BCUT2D eigenvalue weighted by atomic mass is 9.68. The summed E-state index contributed by atoms with van der Waals surface area (Å²) in [4.78, 5) is 0. The monoisotopic (exact) mass is 506 g/mol. The fourth-order valence-electron chi connectivity index (χ4n) is 4.99. The summed E-state index contributed by atoms with van der Waals surface area (Å²) in [5.41, 5.74) is 2.32. The molecule has 5 aromatic carbocycles. The highest BCUT2D eigenvalue weighted by atomic mass is 16.3. The Morgan fingerprint density at radius 3 is 1.18 bits per heavy atom. The van der Waals surface area contributed by atoms with E-state index < -0.39 is 5.41 Å². The lowest BCUT2D eigenvalue weighted by Crippen LogP contribution is -2.26. The largest absolute Gasteiger partial charge is 0.508 e. The molecule has 0 heterocycles. The van der Waals surface area contributed by atoms with Crippen molar-refractivity contribution in [2.45, 2.75) is 12.3 Å². The fourth-order valence-corrected chi connectivity index (χ4v) is 4.99. The molecule has 6 N–H and O–H groups in total. The van der Waals surface area contributed by atoms with Gasteiger partial charge < -0.3 is 30.6 Å². The zero-order chi connectivity index (χ0) is 27.0. The van der Waals surface area contributed by atoms with E-state index in [0.29, 0.717) is 22.3 Å². The number of phenolic OH excluding ortho intramolecular Hbond substituents is 6. The first kappa shape index (κ1) is 24.6. The zero-order valence-electron chi connectivity index (χ0n) is 20.5. The average Bonchev–Trinajstić information content (AvgIpc) is 2.90. The first-order valence-electron chi connectivity index (χ1n) is 12.0. The summed E-state index contributed by atoms with van der Waals surface area (Å²) < 4.78 is 0. The Morgan fingerprint density at radius 1 is 0.421 bits per heavy atom. The first-order valence-corrected chi connectivity index (χ1v) is 12.0. The van der Waals surface area contributed by atoms with Gasteiger partial charge in [-0.3, -0.25) is 0 Å². The van der Waals surface area contributed by atoms with Gasteiger partial charge in [0.25, 0.3) is 0 Å². The van der Waals surface area contributed by atoms with Crippen LogP contribution in [-0.4, -0.2) is 30.6 Å². The highest BCUT2D eigenvalue weighted by molar-refractivity contribution is 5.74. The summed E-state index contributed by atoms with van der Waals surface area (Å²) in [6.07, 6.45) is 0. The normalized spacial score (nSPS) is 11.4. The Labute approximate surface area is 219 Å². The molecule has 6 nitrogen and oxygen atoms in total. The molecule has 0 amide bonds. The smallest absolute Gasteiger partial charge is 0.123 e. The van der Waals surface area contributed by atoms with Crippen LogP contribution in [-0.2, 0) is 5.41 Å². The highest BCUT2D eigenvalue weighted by Gasteiger charge is 2.40. The third-order valence-electron chi connectivity index (χ3n) is 6.99. The molecule has 5 aromatic rings. The topological polar surface area (TPSA) is 121 Å². The Balaban J connectivity index is 1.81. The summed E-state index contributed by atoms with van der Waals surface area (Å²) in [6.45, 7) is 1.72. The Hall–Kier alpha value is -5.10. The summed E-state index contributed by atoms with van der Waals surface area (Å²) in [5, 5.41) is 63.7. The molecule has 0 spiro atoms. The van der Waals surface area contributed by atoms with Gasteiger partial charge in [-0.2, -0.15) is 0 Å². The van der Waals surface area contributed by atoms with E-state index in [1.165, 1.54) is 30.3 Å². The van der Waals surface area contributed by atoms with Crippen LogP contribution in [0.25, 0.3) is 22.3 Å². The van der Waals surface area contributed by atoms with E-state index in [1.54, 1.807) is 79.7 Å². The second kappa shape index (κ2) is 9.41. The van der Waals surface area contributed by atoms with Crippen molar-refractivity contribution in [1.29, 1.82) is 0 Å². The summed E-state index contributed by atoms with van der Waals surface area (Å²) in [6, 6.07) is 27.5. The second-order valence-corrected chi connectivity index (χ2v) is 9.35. The second-order valence-electron chi connectivity index (χ2n) is 9.35. The van der Waals surface area contributed by atoms with Gasteiger partial charge in [-0.25, -0.2) is 0 Å². The van der Waals surface area contributed by atoms with Gasteiger partial charge in [0.2, 0.25) is 0 Å². The summed E-state index contributed by atoms with van der Waals surface area (Å²) >= 11 is 0. The minimum Gasteiger partial charge on any atom is -0.508 e. The average molecular weight is 507 g/mol. The van der Waals surface area contributed by atoms with Gasteiger partial charge in [0, 0.05) is 11.1 Å². The van der Waals surface area contributed by atoms with Crippen molar-refractivity contribution in [2.75, 3.05) is 0 Å². The molecule has 0 bridgehead atoms. The number of rotatable bonds is 5. The Morgan fingerprint density at radius 2 is 0.789 bits per heavy atom. The molecule has 5 rings (SSSR count). The minimum absolute atomic E-state index is 0.105. The molecule has 0 saturated heterocycles. The van der Waals surface area contributed by atoms with Crippen molar-refractivity contribution in [3.05, 3.63) is 120 Å². The van der Waals surface area contributed by atoms with Crippen molar-refractivity contribution < 1.29 is 30.6 Å². The van der Waals surface area contributed by atoms with Crippen molar-refractivity contribution in [1.82, 2.24) is 0 Å². The third kappa shape index (κ3) is 4.22. The fraction of sp³-hybridized carbons (Fsp3) is 0.0625. The van der Waals surface area contributed by atoms with Crippen LogP contribution in [0.15, 0.2) is 103 Å². The van der Waals surface area contributed by atoms with E-state index in [2.05, 4.69) is 0 Å². The van der Waals surface area contributed by atoms with Crippen LogP contribution in [0.2, 0.25) is 0 Å². The van der Waals surface area contributed by atoms with E-state index in [1.807, 2.05) is 0 Å². The van der Waals surface area contributed by atoms with Crippen LogP contribution in [0.1, 0.15) is 23.6 Å². The predicted molar refractivity (Wildman–Crippen MR) is 146 cm³/mol. The number of hydrogen-bond acceptors (Lipinski definition) is 6. The molecule has 0 aliphatic heterocycles.